The van der Waals surface area contributed by atoms with Crippen LogP contribution in [0.25, 0.3) is 0 Å². The van der Waals surface area contributed by atoms with Crippen LogP contribution in [-0.2, 0) is 9.59 Å². The van der Waals surface area contributed by atoms with E-state index >= 15 is 0 Å². The third-order valence-corrected chi connectivity index (χ3v) is 5.16. The van der Waals surface area contributed by atoms with Gasteiger partial charge in [-0.3, -0.25) is 24.6 Å². The Hall–Kier alpha value is -2.84. The number of nitrogens with zero attached hydrogens (tertiary/aromatic N) is 2. The van der Waals surface area contributed by atoms with Crippen molar-refractivity contribution < 1.29 is 19.2 Å². The summed E-state index contributed by atoms with van der Waals surface area (Å²) in [7, 11) is 0. The summed E-state index contributed by atoms with van der Waals surface area (Å²) in [6.07, 6.45) is -0.868. The zero-order valence-corrected chi connectivity index (χ0v) is 17.0. The number of amides is 2. The molecule has 0 spiro atoms. The summed E-state index contributed by atoms with van der Waals surface area (Å²) < 4.78 is 5.70. The number of anilines is 2. The van der Waals surface area contributed by atoms with Crippen molar-refractivity contribution in [3.8, 4) is 5.75 Å². The number of hydrogen-bond donors (Lipinski definition) is 1. The smallest absolute Gasteiger partial charge is 0.273 e. The number of carbonyl (C=O) groups is 2. The molecule has 2 aromatic rings. The molecule has 2 amide bonds. The van der Waals surface area contributed by atoms with Gasteiger partial charge < -0.3 is 10.1 Å². The normalized spacial score (nSPS) is 15.7. The maximum Gasteiger partial charge on any atom is 0.273 e. The molecule has 0 aliphatic carbocycles. The maximum atomic E-state index is 12.9. The quantitative estimate of drug-likeness (QED) is 0.554. The first-order valence-corrected chi connectivity index (χ1v) is 9.45. The minimum Gasteiger partial charge on any atom is -0.478 e. The summed E-state index contributed by atoms with van der Waals surface area (Å²) in [6.45, 7) is 3.25. The van der Waals surface area contributed by atoms with Crippen molar-refractivity contribution in [1.82, 2.24) is 0 Å². The van der Waals surface area contributed by atoms with Gasteiger partial charge in [0, 0.05) is 6.07 Å². The Bertz CT molecular complexity index is 996. The summed E-state index contributed by atoms with van der Waals surface area (Å²) in [5, 5.41) is 14.2. The predicted octanol–water partition coefficient (Wildman–Crippen LogP) is 4.29. The minimum absolute atomic E-state index is 0.171. The first kappa shape index (κ1) is 20.9. The Morgan fingerprint density at radius 1 is 1.31 bits per heavy atom. The number of carbonyl (C=O) groups excluding carboxylic acids is 2. The van der Waals surface area contributed by atoms with Gasteiger partial charge in [-0.1, -0.05) is 43.1 Å². The van der Waals surface area contributed by atoms with Crippen molar-refractivity contribution in [2.24, 2.45) is 5.92 Å². The molecule has 29 heavy (non-hydrogen) atoms. The van der Waals surface area contributed by atoms with Gasteiger partial charge in [-0.25, -0.2) is 0 Å². The van der Waals surface area contributed by atoms with E-state index in [0.717, 1.165) is 0 Å². The highest BCUT2D eigenvalue weighted by Gasteiger charge is 2.38. The van der Waals surface area contributed by atoms with E-state index in [1.54, 1.807) is 32.0 Å². The summed E-state index contributed by atoms with van der Waals surface area (Å²) in [5.74, 6) is -0.946. The highest BCUT2D eigenvalue weighted by molar-refractivity contribution is 6.44. The van der Waals surface area contributed by atoms with Crippen LogP contribution in [0.3, 0.4) is 0 Å². The predicted molar refractivity (Wildman–Crippen MR) is 110 cm³/mol. The highest BCUT2D eigenvalue weighted by atomic mass is 35.5. The number of nitro groups is 1. The topological polar surface area (TPSA) is 102 Å². The molecule has 2 aromatic carbocycles. The van der Waals surface area contributed by atoms with Crippen LogP contribution in [0, 0.1) is 16.0 Å². The SMILES string of the molecule is CC(C)C1Oc2cc([N+](=O)[O-])ccc2N(CC(=O)Nc2cccc(Cl)c2Cl)C1=O. The van der Waals surface area contributed by atoms with Gasteiger partial charge in [0.25, 0.3) is 11.6 Å². The van der Waals surface area contributed by atoms with Crippen molar-refractivity contribution in [2.45, 2.75) is 20.0 Å². The van der Waals surface area contributed by atoms with Crippen LogP contribution in [0.1, 0.15) is 13.8 Å². The van der Waals surface area contributed by atoms with Crippen LogP contribution in [0.4, 0.5) is 17.1 Å². The van der Waals surface area contributed by atoms with E-state index in [2.05, 4.69) is 5.32 Å². The van der Waals surface area contributed by atoms with E-state index in [0.29, 0.717) is 5.69 Å². The second-order valence-corrected chi connectivity index (χ2v) is 7.55. The second kappa shape index (κ2) is 8.26. The summed E-state index contributed by atoms with van der Waals surface area (Å²) in [6, 6.07) is 8.69. The molecule has 152 valence electrons. The van der Waals surface area contributed by atoms with Crippen LogP contribution < -0.4 is 15.0 Å². The molecule has 0 saturated heterocycles. The van der Waals surface area contributed by atoms with E-state index in [-0.39, 0.29) is 39.6 Å². The molecule has 1 aliphatic rings. The largest absolute Gasteiger partial charge is 0.478 e. The van der Waals surface area contributed by atoms with Crippen molar-refractivity contribution >= 4 is 52.1 Å². The number of halogens is 2. The zero-order valence-electron chi connectivity index (χ0n) is 15.5. The van der Waals surface area contributed by atoms with Crippen molar-refractivity contribution in [3.05, 3.63) is 56.6 Å². The van der Waals surface area contributed by atoms with Crippen LogP contribution in [0.2, 0.25) is 10.0 Å². The molecule has 1 unspecified atom stereocenters. The van der Waals surface area contributed by atoms with Gasteiger partial charge in [0.2, 0.25) is 5.91 Å². The van der Waals surface area contributed by atoms with Crippen molar-refractivity contribution in [1.29, 1.82) is 0 Å². The van der Waals surface area contributed by atoms with Crippen LogP contribution >= 0.6 is 23.2 Å². The minimum atomic E-state index is -0.868. The molecule has 8 nitrogen and oxygen atoms in total. The van der Waals surface area contributed by atoms with Gasteiger partial charge >= 0.3 is 0 Å². The third kappa shape index (κ3) is 4.28. The third-order valence-electron chi connectivity index (χ3n) is 4.34. The number of benzene rings is 2. The van der Waals surface area contributed by atoms with Crippen LogP contribution in [0.5, 0.6) is 5.75 Å². The molecule has 1 aliphatic heterocycles. The molecule has 0 aromatic heterocycles. The van der Waals surface area contributed by atoms with Gasteiger partial charge in [-0.2, -0.15) is 0 Å². The molecular formula is C19H17Cl2N3O5. The van der Waals surface area contributed by atoms with Crippen LogP contribution in [-0.4, -0.2) is 29.4 Å². The lowest BCUT2D eigenvalue weighted by molar-refractivity contribution is -0.384. The highest BCUT2D eigenvalue weighted by Crippen LogP contribution is 2.38. The van der Waals surface area contributed by atoms with Crippen molar-refractivity contribution in [2.75, 3.05) is 16.8 Å². The number of nitrogens with one attached hydrogen (secondary N) is 1. The summed E-state index contributed by atoms with van der Waals surface area (Å²) >= 11 is 12.0. The summed E-state index contributed by atoms with van der Waals surface area (Å²) in [4.78, 5) is 37.3. The van der Waals surface area contributed by atoms with Gasteiger partial charge in [-0.05, 0) is 24.1 Å². The van der Waals surface area contributed by atoms with E-state index in [9.17, 15) is 19.7 Å². The first-order chi connectivity index (χ1) is 13.7. The van der Waals surface area contributed by atoms with Gasteiger partial charge in [0.1, 0.15) is 6.54 Å². The number of non-ortho nitro benzene ring substituents is 1. The maximum absolute atomic E-state index is 12.9. The Labute approximate surface area is 176 Å². The average Bonchev–Trinajstić information content (AvgIpc) is 2.66. The molecule has 10 heteroatoms. The van der Waals surface area contributed by atoms with Gasteiger partial charge in [0.05, 0.1) is 32.4 Å². The Morgan fingerprint density at radius 2 is 2.03 bits per heavy atom. The molecule has 0 fully saturated rings. The molecule has 0 radical (unpaired) electrons. The Balaban J connectivity index is 1.90. The monoisotopic (exact) mass is 437 g/mol. The molecule has 0 bridgehead atoms. The molecule has 1 heterocycles. The van der Waals surface area contributed by atoms with E-state index < -0.39 is 22.8 Å². The number of hydrogen-bond acceptors (Lipinski definition) is 5. The summed E-state index contributed by atoms with van der Waals surface area (Å²) in [5.41, 5.74) is 0.426. The fraction of sp³-hybridized carbons (Fsp3) is 0.263. The Kier molecular flexibility index (Phi) is 5.95. The molecule has 0 saturated carbocycles. The molecule has 3 rings (SSSR count). The van der Waals surface area contributed by atoms with Crippen LogP contribution in [0.15, 0.2) is 36.4 Å². The van der Waals surface area contributed by atoms with Crippen molar-refractivity contribution in [3.63, 3.8) is 0 Å². The average molecular weight is 438 g/mol. The number of nitro benzene ring substituents is 1. The number of ether oxygens (including phenoxy) is 1. The number of fused-ring (bicyclic) bond motifs is 1. The van der Waals surface area contributed by atoms with Gasteiger partial charge in [0.15, 0.2) is 11.9 Å². The van der Waals surface area contributed by atoms with E-state index in [1.807, 2.05) is 0 Å². The molecule has 1 N–H and O–H groups in total. The number of rotatable bonds is 5. The van der Waals surface area contributed by atoms with E-state index in [4.69, 9.17) is 27.9 Å². The molecular weight excluding hydrogens is 421 g/mol. The lowest BCUT2D eigenvalue weighted by Gasteiger charge is -2.35. The lowest BCUT2D eigenvalue weighted by atomic mass is 10.0. The zero-order chi connectivity index (χ0) is 21.3. The van der Waals surface area contributed by atoms with Gasteiger partial charge in [-0.15, -0.1) is 0 Å². The second-order valence-electron chi connectivity index (χ2n) is 6.77. The fourth-order valence-corrected chi connectivity index (χ4v) is 3.26. The molecule has 1 atom stereocenters. The Morgan fingerprint density at radius 3 is 2.69 bits per heavy atom. The first-order valence-electron chi connectivity index (χ1n) is 8.69. The standard InChI is InChI=1S/C19H17Cl2N3O5/c1-10(2)18-19(26)23(14-7-6-11(24(27)28)8-15(14)29-18)9-16(25)22-13-5-3-4-12(20)17(13)21/h3-8,10,18H,9H2,1-2H3,(H,22,25). The van der Waals surface area contributed by atoms with E-state index in [1.165, 1.54) is 23.1 Å². The fourth-order valence-electron chi connectivity index (χ4n) is 2.91. The lowest BCUT2D eigenvalue weighted by Crippen LogP contribution is -2.50.